The Hall–Kier alpha value is -4.14. The topological polar surface area (TPSA) is 127 Å². The molecule has 2 aromatic carbocycles. The number of aromatic amines is 2. The number of methoxy groups -OCH3 is 1. The largest absolute Gasteiger partial charge is 0.493 e. The molecule has 1 heterocycles. The first-order valence-electron chi connectivity index (χ1n) is 8.93. The van der Waals surface area contributed by atoms with Gasteiger partial charge in [0, 0.05) is 0 Å². The number of hydrogen-bond acceptors (Lipinski definition) is 6. The van der Waals surface area contributed by atoms with Crippen molar-refractivity contribution in [2.24, 2.45) is 0 Å². The van der Waals surface area contributed by atoms with E-state index < -0.39 is 21.9 Å². The van der Waals surface area contributed by atoms with Gasteiger partial charge in [0.05, 0.1) is 12.0 Å². The van der Waals surface area contributed by atoms with Crippen molar-refractivity contribution in [2.75, 3.05) is 7.11 Å². The Morgan fingerprint density at radius 1 is 1.03 bits per heavy atom. The Balaban J connectivity index is 1.83. The van der Waals surface area contributed by atoms with Crippen molar-refractivity contribution in [1.82, 2.24) is 9.97 Å². The molecule has 0 amide bonds. The summed E-state index contributed by atoms with van der Waals surface area (Å²) in [7, 11) is 1.50. The molecule has 0 fully saturated rings. The van der Waals surface area contributed by atoms with Crippen molar-refractivity contribution >= 4 is 17.8 Å². The van der Waals surface area contributed by atoms with E-state index in [1.54, 1.807) is 18.2 Å². The predicted octanol–water partition coefficient (Wildman–Crippen LogP) is 3.04. The zero-order valence-corrected chi connectivity index (χ0v) is 16.3. The molecule has 9 nitrogen and oxygen atoms in total. The summed E-state index contributed by atoms with van der Waals surface area (Å²) >= 11 is 0. The van der Waals surface area contributed by atoms with Gasteiger partial charge in [-0.15, -0.1) is 0 Å². The van der Waals surface area contributed by atoms with Crippen LogP contribution < -0.4 is 20.7 Å². The molecule has 0 unspecified atom stereocenters. The highest BCUT2D eigenvalue weighted by Gasteiger charge is 2.18. The second-order valence-corrected chi connectivity index (χ2v) is 6.45. The molecule has 1 aromatic heterocycles. The predicted molar refractivity (Wildman–Crippen MR) is 112 cm³/mol. The Morgan fingerprint density at radius 2 is 1.77 bits per heavy atom. The summed E-state index contributed by atoms with van der Waals surface area (Å²) < 4.78 is 11.2. The summed E-state index contributed by atoms with van der Waals surface area (Å²) in [6.45, 7) is 2.38. The first-order valence-corrected chi connectivity index (χ1v) is 8.93. The van der Waals surface area contributed by atoms with Crippen molar-refractivity contribution in [3.63, 3.8) is 0 Å². The van der Waals surface area contributed by atoms with Gasteiger partial charge >= 0.3 is 16.9 Å². The maximum absolute atomic E-state index is 11.7. The summed E-state index contributed by atoms with van der Waals surface area (Å²) in [5, 5.41) is 11.1. The summed E-state index contributed by atoms with van der Waals surface area (Å²) in [6, 6.07) is 13.1. The van der Waals surface area contributed by atoms with Crippen molar-refractivity contribution in [2.45, 2.75) is 13.5 Å². The number of benzene rings is 2. The molecule has 3 rings (SSSR count). The van der Waals surface area contributed by atoms with Gasteiger partial charge in [-0.05, 0) is 36.3 Å². The number of H-pyrrole nitrogens is 2. The van der Waals surface area contributed by atoms with E-state index in [-0.39, 0.29) is 5.69 Å². The van der Waals surface area contributed by atoms with Crippen molar-refractivity contribution < 1.29 is 14.4 Å². The molecule has 0 aliphatic carbocycles. The molecule has 30 heavy (non-hydrogen) atoms. The molecule has 0 atom stereocenters. The molecule has 154 valence electrons. The minimum Gasteiger partial charge on any atom is -0.493 e. The van der Waals surface area contributed by atoms with Crippen LogP contribution in [0.15, 0.2) is 52.1 Å². The molecule has 0 radical (unpaired) electrons. The van der Waals surface area contributed by atoms with E-state index in [0.29, 0.717) is 23.7 Å². The molecule has 0 spiro atoms. The van der Waals surface area contributed by atoms with Gasteiger partial charge < -0.3 is 14.5 Å². The average molecular weight is 409 g/mol. The second kappa shape index (κ2) is 8.91. The van der Waals surface area contributed by atoms with Gasteiger partial charge in [0.15, 0.2) is 11.5 Å². The van der Waals surface area contributed by atoms with E-state index in [9.17, 15) is 19.7 Å². The molecule has 9 heteroatoms. The number of nitrogens with one attached hydrogen (secondary N) is 2. The van der Waals surface area contributed by atoms with Crippen LogP contribution in [0.4, 0.5) is 5.69 Å². The van der Waals surface area contributed by atoms with E-state index in [1.807, 2.05) is 36.2 Å². The lowest BCUT2D eigenvalue weighted by molar-refractivity contribution is -0.386. The highest BCUT2D eigenvalue weighted by Crippen LogP contribution is 2.29. The third kappa shape index (κ3) is 4.82. The average Bonchev–Trinajstić information content (AvgIpc) is 2.71. The van der Waals surface area contributed by atoms with Gasteiger partial charge in [0.2, 0.25) is 0 Å². The van der Waals surface area contributed by atoms with E-state index in [1.165, 1.54) is 19.3 Å². The smallest absolute Gasteiger partial charge is 0.357 e. The number of aromatic nitrogens is 2. The molecule has 0 aliphatic heterocycles. The number of ether oxygens (including phenoxy) is 2. The summed E-state index contributed by atoms with van der Waals surface area (Å²) in [4.78, 5) is 37.5. The van der Waals surface area contributed by atoms with Gasteiger partial charge in [-0.3, -0.25) is 19.9 Å². The van der Waals surface area contributed by atoms with E-state index in [4.69, 9.17) is 9.47 Å². The van der Waals surface area contributed by atoms with Gasteiger partial charge in [0.25, 0.3) is 0 Å². The highest BCUT2D eigenvalue weighted by atomic mass is 16.6. The summed E-state index contributed by atoms with van der Waals surface area (Å²) in [5.74, 6) is 1.00. The van der Waals surface area contributed by atoms with Crippen LogP contribution in [0.3, 0.4) is 0 Å². The summed E-state index contributed by atoms with van der Waals surface area (Å²) in [5.41, 5.74) is -0.0385. The monoisotopic (exact) mass is 409 g/mol. The first-order chi connectivity index (χ1) is 14.4. The number of nitrogens with zero attached hydrogens (tertiary/aromatic N) is 1. The minimum atomic E-state index is -1.07. The SMILES string of the molecule is COc1cc(/C=C/c2[nH]c(=O)[nH]c(=O)c2[N+](=O)[O-])ccc1OCc1ccc(C)cc1. The van der Waals surface area contributed by atoms with E-state index in [0.717, 1.165) is 11.1 Å². The molecule has 0 aliphatic rings. The molecular formula is C21H19N3O6. The van der Waals surface area contributed by atoms with Crippen LogP contribution in [0.2, 0.25) is 0 Å². The van der Waals surface area contributed by atoms with E-state index >= 15 is 0 Å². The quantitative estimate of drug-likeness (QED) is 0.456. The Labute approximate surface area is 170 Å². The lowest BCUT2D eigenvalue weighted by Crippen LogP contribution is -2.25. The van der Waals surface area contributed by atoms with Crippen LogP contribution in [0.1, 0.15) is 22.4 Å². The lowest BCUT2D eigenvalue weighted by Gasteiger charge is -2.11. The zero-order valence-electron chi connectivity index (χ0n) is 16.3. The number of aryl methyl sites for hydroxylation is 1. The van der Waals surface area contributed by atoms with Crippen molar-refractivity contribution in [3.05, 3.63) is 95.8 Å². The molecule has 0 bridgehead atoms. The number of nitro groups is 1. The Bertz CT molecular complexity index is 1210. The standard InChI is InChI=1S/C21H19N3O6/c1-13-3-5-15(6-4-13)12-30-17-10-8-14(11-18(17)29-2)7-9-16-19(24(27)28)20(25)23-21(26)22-16/h3-11H,12H2,1-2H3,(H2,22,23,25,26)/b9-7+. The maximum Gasteiger partial charge on any atom is 0.357 e. The minimum absolute atomic E-state index is 0.201. The Morgan fingerprint density at radius 3 is 2.43 bits per heavy atom. The van der Waals surface area contributed by atoms with Gasteiger partial charge in [-0.25, -0.2) is 4.79 Å². The van der Waals surface area contributed by atoms with Crippen LogP contribution in [-0.2, 0) is 6.61 Å². The van der Waals surface area contributed by atoms with Crippen molar-refractivity contribution in [3.8, 4) is 11.5 Å². The number of hydrogen-bond donors (Lipinski definition) is 2. The lowest BCUT2D eigenvalue weighted by atomic mass is 10.1. The molecule has 0 saturated carbocycles. The molecule has 2 N–H and O–H groups in total. The Kier molecular flexibility index (Phi) is 6.11. The number of rotatable bonds is 7. The fourth-order valence-corrected chi connectivity index (χ4v) is 2.73. The molecule has 0 saturated heterocycles. The highest BCUT2D eigenvalue weighted by molar-refractivity contribution is 5.72. The normalized spacial score (nSPS) is 10.9. The third-order valence-electron chi connectivity index (χ3n) is 4.27. The fraction of sp³-hybridized carbons (Fsp3) is 0.143. The second-order valence-electron chi connectivity index (χ2n) is 6.45. The van der Waals surface area contributed by atoms with Gasteiger partial charge in [-0.1, -0.05) is 42.0 Å². The van der Waals surface area contributed by atoms with Gasteiger partial charge in [0.1, 0.15) is 12.3 Å². The van der Waals surface area contributed by atoms with E-state index in [2.05, 4.69) is 4.98 Å². The maximum atomic E-state index is 11.7. The first kappa shape index (κ1) is 20.6. The fourth-order valence-electron chi connectivity index (χ4n) is 2.73. The third-order valence-corrected chi connectivity index (χ3v) is 4.27. The zero-order chi connectivity index (χ0) is 21.7. The van der Waals surface area contributed by atoms with Crippen LogP contribution in [0.5, 0.6) is 11.5 Å². The molecular weight excluding hydrogens is 390 g/mol. The van der Waals surface area contributed by atoms with Crippen LogP contribution in [-0.4, -0.2) is 22.0 Å². The van der Waals surface area contributed by atoms with Gasteiger partial charge in [-0.2, -0.15) is 0 Å². The van der Waals surface area contributed by atoms with Crippen LogP contribution >= 0.6 is 0 Å². The molecule has 3 aromatic rings. The van der Waals surface area contributed by atoms with Crippen molar-refractivity contribution in [1.29, 1.82) is 0 Å². The summed E-state index contributed by atoms with van der Waals surface area (Å²) in [6.07, 6.45) is 2.81. The van der Waals surface area contributed by atoms with Crippen LogP contribution in [0, 0.1) is 17.0 Å². The van der Waals surface area contributed by atoms with Crippen LogP contribution in [0.25, 0.3) is 12.2 Å².